The van der Waals surface area contributed by atoms with E-state index < -0.39 is 6.10 Å². The minimum atomic E-state index is -0.820. The Kier molecular flexibility index (Phi) is 9.69. The van der Waals surface area contributed by atoms with Gasteiger partial charge in [-0.05, 0) is 38.0 Å². The standard InChI is InChI=1S/C21H35N5O4/c1-5-23-21(25-15-8-10-26(11-9-15)14-20(28)22-2)24-13-18(27)17-12-16(29-3)6-7-19(17)30-4/h6-7,12,15,18,27H,5,8-11,13-14H2,1-4H3,(H,22,28)(H2,23,24,25). The number of rotatable bonds is 9. The Morgan fingerprint density at radius 3 is 2.63 bits per heavy atom. The van der Waals surface area contributed by atoms with Gasteiger partial charge in [-0.15, -0.1) is 0 Å². The Balaban J connectivity index is 1.95. The maximum Gasteiger partial charge on any atom is 0.233 e. The van der Waals surface area contributed by atoms with Gasteiger partial charge in [-0.25, -0.2) is 0 Å². The molecule has 1 amide bonds. The first-order chi connectivity index (χ1) is 14.5. The molecular formula is C21H35N5O4. The van der Waals surface area contributed by atoms with Crippen LogP contribution in [0.1, 0.15) is 31.4 Å². The highest BCUT2D eigenvalue weighted by Crippen LogP contribution is 2.29. The minimum Gasteiger partial charge on any atom is -0.497 e. The molecule has 1 saturated heterocycles. The van der Waals surface area contributed by atoms with Crippen molar-refractivity contribution in [3.05, 3.63) is 23.8 Å². The van der Waals surface area contributed by atoms with E-state index in [1.165, 1.54) is 0 Å². The van der Waals surface area contributed by atoms with E-state index in [0.29, 0.717) is 29.6 Å². The topological polar surface area (TPSA) is 107 Å². The number of guanidine groups is 1. The fourth-order valence-corrected chi connectivity index (χ4v) is 3.41. The van der Waals surface area contributed by atoms with Gasteiger partial charge in [-0.3, -0.25) is 14.7 Å². The number of nitrogens with one attached hydrogen (secondary N) is 3. The van der Waals surface area contributed by atoms with Gasteiger partial charge in [0.2, 0.25) is 5.91 Å². The molecule has 9 nitrogen and oxygen atoms in total. The highest BCUT2D eigenvalue weighted by atomic mass is 16.5. The normalized spacial score (nSPS) is 16.6. The number of hydrogen-bond acceptors (Lipinski definition) is 6. The number of likely N-dealkylation sites (N-methyl/N-ethyl adjacent to an activating group) is 1. The van der Waals surface area contributed by atoms with Crippen LogP contribution in [0.15, 0.2) is 23.2 Å². The zero-order chi connectivity index (χ0) is 21.9. The lowest BCUT2D eigenvalue weighted by atomic mass is 10.1. The average Bonchev–Trinajstić information content (AvgIpc) is 2.78. The van der Waals surface area contributed by atoms with Crippen LogP contribution in [0.25, 0.3) is 0 Å². The molecule has 1 aliphatic rings. The number of carbonyl (C=O) groups is 1. The average molecular weight is 422 g/mol. The minimum absolute atomic E-state index is 0.0401. The highest BCUT2D eigenvalue weighted by Gasteiger charge is 2.21. The number of ether oxygens (including phenoxy) is 2. The van der Waals surface area contributed by atoms with Crippen molar-refractivity contribution in [3.8, 4) is 11.5 Å². The third-order valence-electron chi connectivity index (χ3n) is 5.14. The van der Waals surface area contributed by atoms with Gasteiger partial charge in [0.25, 0.3) is 0 Å². The molecule has 0 saturated carbocycles. The van der Waals surface area contributed by atoms with Crippen molar-refractivity contribution < 1.29 is 19.4 Å². The van der Waals surface area contributed by atoms with Crippen LogP contribution in [-0.4, -0.2) is 81.9 Å². The van der Waals surface area contributed by atoms with Gasteiger partial charge in [-0.2, -0.15) is 0 Å². The number of likely N-dealkylation sites (tertiary alicyclic amines) is 1. The van der Waals surface area contributed by atoms with Gasteiger partial charge in [0.15, 0.2) is 5.96 Å². The fraction of sp³-hybridized carbons (Fsp3) is 0.619. The second kappa shape index (κ2) is 12.2. The summed E-state index contributed by atoms with van der Waals surface area (Å²) < 4.78 is 10.6. The number of nitrogens with zero attached hydrogens (tertiary/aromatic N) is 2. The first-order valence-electron chi connectivity index (χ1n) is 10.4. The van der Waals surface area contributed by atoms with E-state index in [-0.39, 0.29) is 18.5 Å². The Hall–Kier alpha value is -2.52. The predicted molar refractivity (Wildman–Crippen MR) is 117 cm³/mol. The van der Waals surface area contributed by atoms with Crippen LogP contribution in [0.4, 0.5) is 0 Å². The summed E-state index contributed by atoms with van der Waals surface area (Å²) in [5.74, 6) is 1.96. The Morgan fingerprint density at radius 2 is 2.03 bits per heavy atom. The van der Waals surface area contributed by atoms with Crippen molar-refractivity contribution >= 4 is 11.9 Å². The third kappa shape index (κ3) is 7.07. The predicted octanol–water partition coefficient (Wildman–Crippen LogP) is 0.503. The second-order valence-corrected chi connectivity index (χ2v) is 7.21. The van der Waals surface area contributed by atoms with Gasteiger partial charge in [-0.1, -0.05) is 0 Å². The van der Waals surface area contributed by atoms with Crippen molar-refractivity contribution in [1.82, 2.24) is 20.9 Å². The lowest BCUT2D eigenvalue weighted by molar-refractivity contribution is -0.122. The SMILES string of the molecule is CCNC(=NCC(O)c1cc(OC)ccc1OC)NC1CCN(CC(=O)NC)CC1. The third-order valence-corrected chi connectivity index (χ3v) is 5.14. The molecule has 0 aromatic heterocycles. The summed E-state index contributed by atoms with van der Waals surface area (Å²) in [7, 11) is 4.82. The summed E-state index contributed by atoms with van der Waals surface area (Å²) in [4.78, 5) is 18.3. The molecule has 0 radical (unpaired) electrons. The number of aliphatic hydroxyl groups excluding tert-OH is 1. The number of benzene rings is 1. The number of amides is 1. The van der Waals surface area contributed by atoms with Crippen molar-refractivity contribution in [1.29, 1.82) is 0 Å². The molecule has 1 unspecified atom stereocenters. The molecule has 30 heavy (non-hydrogen) atoms. The van der Waals surface area contributed by atoms with Crippen LogP contribution in [0.5, 0.6) is 11.5 Å². The summed E-state index contributed by atoms with van der Waals surface area (Å²) in [6, 6.07) is 5.60. The van der Waals surface area contributed by atoms with Crippen LogP contribution < -0.4 is 25.4 Å². The van der Waals surface area contributed by atoms with E-state index in [2.05, 4.69) is 25.8 Å². The molecular weight excluding hydrogens is 386 g/mol. The van der Waals surface area contributed by atoms with Crippen LogP contribution in [0.2, 0.25) is 0 Å². The molecule has 1 aromatic rings. The van der Waals surface area contributed by atoms with Crippen molar-refractivity contribution in [3.63, 3.8) is 0 Å². The summed E-state index contributed by atoms with van der Waals surface area (Å²) in [5.41, 5.74) is 0.638. The molecule has 1 atom stereocenters. The fourth-order valence-electron chi connectivity index (χ4n) is 3.41. The molecule has 9 heteroatoms. The number of aliphatic hydroxyl groups is 1. The zero-order valence-corrected chi connectivity index (χ0v) is 18.4. The summed E-state index contributed by atoms with van der Waals surface area (Å²) >= 11 is 0. The van der Waals surface area contributed by atoms with Gasteiger partial charge in [0.1, 0.15) is 17.6 Å². The Morgan fingerprint density at radius 1 is 1.30 bits per heavy atom. The number of aliphatic imine (C=N–C) groups is 1. The van der Waals surface area contributed by atoms with Crippen molar-refractivity contribution in [2.24, 2.45) is 4.99 Å². The van der Waals surface area contributed by atoms with E-state index in [4.69, 9.17) is 9.47 Å². The van der Waals surface area contributed by atoms with Crippen molar-refractivity contribution in [2.75, 3.05) is 54.0 Å². The molecule has 1 aliphatic heterocycles. The first kappa shape index (κ1) is 23.8. The summed E-state index contributed by atoms with van der Waals surface area (Å²) in [6.45, 7) is 5.06. The van der Waals surface area contributed by atoms with Crippen LogP contribution in [-0.2, 0) is 4.79 Å². The van der Waals surface area contributed by atoms with E-state index >= 15 is 0 Å². The lowest BCUT2D eigenvalue weighted by Gasteiger charge is -2.32. The van der Waals surface area contributed by atoms with E-state index in [0.717, 1.165) is 32.5 Å². The smallest absolute Gasteiger partial charge is 0.233 e. The van der Waals surface area contributed by atoms with Crippen LogP contribution in [0, 0.1) is 0 Å². The molecule has 0 bridgehead atoms. The molecule has 0 aliphatic carbocycles. The zero-order valence-electron chi connectivity index (χ0n) is 18.4. The molecule has 168 valence electrons. The van der Waals surface area contributed by atoms with Gasteiger partial charge in [0, 0.05) is 38.3 Å². The molecule has 1 aromatic carbocycles. The number of carbonyl (C=O) groups excluding carboxylic acids is 1. The lowest BCUT2D eigenvalue weighted by Crippen LogP contribution is -2.50. The molecule has 2 rings (SSSR count). The number of piperidine rings is 1. The molecule has 0 spiro atoms. The van der Waals surface area contributed by atoms with E-state index in [1.54, 1.807) is 39.5 Å². The van der Waals surface area contributed by atoms with Crippen LogP contribution >= 0.6 is 0 Å². The van der Waals surface area contributed by atoms with Gasteiger partial charge < -0.3 is 30.5 Å². The molecule has 4 N–H and O–H groups in total. The number of hydrogen-bond donors (Lipinski definition) is 4. The second-order valence-electron chi connectivity index (χ2n) is 7.21. The largest absolute Gasteiger partial charge is 0.497 e. The molecule has 1 fully saturated rings. The Labute approximate surface area is 178 Å². The van der Waals surface area contributed by atoms with Gasteiger partial charge in [0.05, 0.1) is 27.3 Å². The van der Waals surface area contributed by atoms with E-state index in [1.807, 2.05) is 6.92 Å². The molecule has 1 heterocycles. The highest BCUT2D eigenvalue weighted by molar-refractivity contribution is 5.80. The summed E-state index contributed by atoms with van der Waals surface area (Å²) in [5, 5.41) is 20.0. The van der Waals surface area contributed by atoms with Crippen molar-refractivity contribution in [2.45, 2.75) is 31.9 Å². The maximum atomic E-state index is 11.5. The van der Waals surface area contributed by atoms with E-state index in [9.17, 15) is 9.90 Å². The van der Waals surface area contributed by atoms with Gasteiger partial charge >= 0.3 is 0 Å². The van der Waals surface area contributed by atoms with Crippen LogP contribution in [0.3, 0.4) is 0 Å². The first-order valence-corrected chi connectivity index (χ1v) is 10.4. The number of methoxy groups -OCH3 is 2. The maximum absolute atomic E-state index is 11.5. The Bertz CT molecular complexity index is 705. The quantitative estimate of drug-likeness (QED) is 0.340. The monoisotopic (exact) mass is 421 g/mol. The summed E-state index contributed by atoms with van der Waals surface area (Å²) in [6.07, 6.45) is 1.03.